The van der Waals surface area contributed by atoms with Crippen LogP contribution >= 0.6 is 0 Å². The largest absolute Gasteiger partial charge is 0.492 e. The number of ether oxygens (including phenoxy) is 1. The summed E-state index contributed by atoms with van der Waals surface area (Å²) in [5, 5.41) is 5.49. The zero-order valence-electron chi connectivity index (χ0n) is 12.0. The van der Waals surface area contributed by atoms with E-state index >= 15 is 0 Å². The van der Waals surface area contributed by atoms with E-state index in [0.29, 0.717) is 13.0 Å². The first-order chi connectivity index (χ1) is 10.3. The van der Waals surface area contributed by atoms with Gasteiger partial charge in [-0.15, -0.1) is 0 Å². The lowest BCUT2D eigenvalue weighted by atomic mass is 10.1. The van der Waals surface area contributed by atoms with Gasteiger partial charge in [0.25, 0.3) is 0 Å². The Balaban J connectivity index is 1.58. The average Bonchev–Trinajstić information content (AvgIpc) is 2.56. The van der Waals surface area contributed by atoms with Gasteiger partial charge in [0.05, 0.1) is 13.0 Å². The lowest BCUT2D eigenvalue weighted by Gasteiger charge is -2.27. The monoisotopic (exact) mass is 284 g/mol. The van der Waals surface area contributed by atoms with Crippen LogP contribution in [-0.4, -0.2) is 43.6 Å². The summed E-state index contributed by atoms with van der Waals surface area (Å²) in [7, 11) is 0. The number of piperazine rings is 1. The highest BCUT2D eigenvalue weighted by Gasteiger charge is 2.15. The molecule has 0 saturated carbocycles. The van der Waals surface area contributed by atoms with E-state index in [2.05, 4.69) is 17.4 Å². The molecule has 0 bridgehead atoms. The number of carbonyl (C=O) groups is 1. The maximum atomic E-state index is 12.1. The number of carbonyl (C=O) groups excluding carboxylic acids is 1. The molecule has 1 aliphatic rings. The molecule has 0 aliphatic carbocycles. The number of rotatable bonds is 4. The van der Waals surface area contributed by atoms with Gasteiger partial charge < -0.3 is 15.0 Å². The molecular weight excluding hydrogens is 264 g/mol. The SMILES string of the molecule is O=C(CCOc1cccc2ccccc12)N1CCNCC1. The van der Waals surface area contributed by atoms with Gasteiger partial charge in [-0.2, -0.15) is 0 Å². The normalized spacial score (nSPS) is 15.1. The Labute approximate surface area is 124 Å². The Bertz CT molecular complexity index is 616. The lowest BCUT2D eigenvalue weighted by molar-refractivity contribution is -0.132. The summed E-state index contributed by atoms with van der Waals surface area (Å²) in [5.74, 6) is 1.03. The smallest absolute Gasteiger partial charge is 0.226 e. The zero-order chi connectivity index (χ0) is 14.5. The second-order valence-corrected chi connectivity index (χ2v) is 5.21. The van der Waals surface area contributed by atoms with E-state index in [9.17, 15) is 4.79 Å². The van der Waals surface area contributed by atoms with Crippen LogP contribution in [0.15, 0.2) is 42.5 Å². The van der Waals surface area contributed by atoms with E-state index in [1.807, 2.05) is 35.2 Å². The van der Waals surface area contributed by atoms with Gasteiger partial charge in [-0.25, -0.2) is 0 Å². The summed E-state index contributed by atoms with van der Waals surface area (Å²) >= 11 is 0. The van der Waals surface area contributed by atoms with Crippen molar-refractivity contribution >= 4 is 16.7 Å². The predicted molar refractivity (Wildman–Crippen MR) is 83.5 cm³/mol. The third-order valence-electron chi connectivity index (χ3n) is 3.79. The Morgan fingerprint density at radius 3 is 2.71 bits per heavy atom. The van der Waals surface area contributed by atoms with Gasteiger partial charge in [-0.1, -0.05) is 36.4 Å². The molecule has 1 N–H and O–H groups in total. The van der Waals surface area contributed by atoms with Gasteiger partial charge in [0, 0.05) is 31.6 Å². The molecule has 2 aromatic rings. The molecule has 0 spiro atoms. The van der Waals surface area contributed by atoms with Crippen LogP contribution in [0.2, 0.25) is 0 Å². The minimum Gasteiger partial charge on any atom is -0.492 e. The Kier molecular flexibility index (Phi) is 4.36. The Morgan fingerprint density at radius 2 is 1.86 bits per heavy atom. The fourth-order valence-electron chi connectivity index (χ4n) is 2.64. The molecule has 1 heterocycles. The van der Waals surface area contributed by atoms with Crippen LogP contribution in [0, 0.1) is 0 Å². The van der Waals surface area contributed by atoms with Crippen molar-refractivity contribution < 1.29 is 9.53 Å². The van der Waals surface area contributed by atoms with Crippen molar-refractivity contribution in [2.24, 2.45) is 0 Å². The van der Waals surface area contributed by atoms with E-state index in [1.165, 1.54) is 0 Å². The maximum Gasteiger partial charge on any atom is 0.226 e. The Morgan fingerprint density at radius 1 is 1.10 bits per heavy atom. The van der Waals surface area contributed by atoms with Crippen molar-refractivity contribution in [3.05, 3.63) is 42.5 Å². The minimum absolute atomic E-state index is 0.178. The second-order valence-electron chi connectivity index (χ2n) is 5.21. The molecule has 0 unspecified atom stereocenters. The highest BCUT2D eigenvalue weighted by atomic mass is 16.5. The molecule has 1 aliphatic heterocycles. The van der Waals surface area contributed by atoms with Crippen molar-refractivity contribution in [1.82, 2.24) is 10.2 Å². The number of amides is 1. The molecule has 110 valence electrons. The van der Waals surface area contributed by atoms with E-state index in [4.69, 9.17) is 4.74 Å². The lowest BCUT2D eigenvalue weighted by Crippen LogP contribution is -2.46. The second kappa shape index (κ2) is 6.59. The first kappa shape index (κ1) is 13.9. The first-order valence-electron chi connectivity index (χ1n) is 7.44. The molecule has 4 nitrogen and oxygen atoms in total. The van der Waals surface area contributed by atoms with Crippen molar-refractivity contribution in [2.45, 2.75) is 6.42 Å². The number of hydrogen-bond acceptors (Lipinski definition) is 3. The number of benzene rings is 2. The summed E-state index contributed by atoms with van der Waals surface area (Å²) in [5.41, 5.74) is 0. The van der Waals surface area contributed by atoms with Crippen LogP contribution < -0.4 is 10.1 Å². The van der Waals surface area contributed by atoms with Gasteiger partial charge >= 0.3 is 0 Å². The van der Waals surface area contributed by atoms with Crippen molar-refractivity contribution in [2.75, 3.05) is 32.8 Å². The Hall–Kier alpha value is -2.07. The van der Waals surface area contributed by atoms with Crippen LogP contribution in [0.1, 0.15) is 6.42 Å². The standard InChI is InChI=1S/C17H20N2O2/c20-17(19-11-9-18-10-12-19)8-13-21-16-7-3-5-14-4-1-2-6-15(14)16/h1-7,18H,8-13H2. The molecule has 1 saturated heterocycles. The number of nitrogens with one attached hydrogen (secondary N) is 1. The molecule has 0 radical (unpaired) electrons. The molecule has 3 rings (SSSR count). The van der Waals surface area contributed by atoms with Crippen LogP contribution in [0.25, 0.3) is 10.8 Å². The molecule has 4 heteroatoms. The molecule has 1 amide bonds. The van der Waals surface area contributed by atoms with Crippen molar-refractivity contribution in [3.63, 3.8) is 0 Å². The summed E-state index contributed by atoms with van der Waals surface area (Å²) < 4.78 is 5.82. The van der Waals surface area contributed by atoms with Crippen LogP contribution in [0.3, 0.4) is 0 Å². The fourth-order valence-corrected chi connectivity index (χ4v) is 2.64. The third-order valence-corrected chi connectivity index (χ3v) is 3.79. The van der Waals surface area contributed by atoms with Crippen molar-refractivity contribution in [3.8, 4) is 5.75 Å². The molecule has 0 atom stereocenters. The van der Waals surface area contributed by atoms with Crippen LogP contribution in [0.4, 0.5) is 0 Å². The van der Waals surface area contributed by atoms with Gasteiger partial charge in [0.15, 0.2) is 0 Å². The quantitative estimate of drug-likeness (QED) is 0.934. The summed E-state index contributed by atoms with van der Waals surface area (Å²) in [6.45, 7) is 3.79. The average molecular weight is 284 g/mol. The van der Waals surface area contributed by atoms with Gasteiger partial charge in [0.1, 0.15) is 5.75 Å². The van der Waals surface area contributed by atoms with Gasteiger partial charge in [-0.05, 0) is 11.5 Å². The number of nitrogens with zero attached hydrogens (tertiary/aromatic N) is 1. The van der Waals surface area contributed by atoms with Gasteiger partial charge in [0.2, 0.25) is 5.91 Å². The van der Waals surface area contributed by atoms with Gasteiger partial charge in [-0.3, -0.25) is 4.79 Å². The third kappa shape index (κ3) is 3.34. The van der Waals surface area contributed by atoms with E-state index in [-0.39, 0.29) is 5.91 Å². The minimum atomic E-state index is 0.178. The van der Waals surface area contributed by atoms with Crippen LogP contribution in [-0.2, 0) is 4.79 Å². The molecular formula is C17H20N2O2. The number of fused-ring (bicyclic) bond motifs is 1. The fraction of sp³-hybridized carbons (Fsp3) is 0.353. The summed E-state index contributed by atoms with van der Waals surface area (Å²) in [6.07, 6.45) is 0.434. The molecule has 1 fully saturated rings. The predicted octanol–water partition coefficient (Wildman–Crippen LogP) is 2.04. The molecule has 2 aromatic carbocycles. The van der Waals surface area contributed by atoms with Crippen LogP contribution in [0.5, 0.6) is 5.75 Å². The van der Waals surface area contributed by atoms with E-state index < -0.39 is 0 Å². The number of hydrogen-bond donors (Lipinski definition) is 1. The summed E-state index contributed by atoms with van der Waals surface area (Å²) in [4.78, 5) is 14.0. The molecule has 21 heavy (non-hydrogen) atoms. The zero-order valence-corrected chi connectivity index (χ0v) is 12.0. The highest BCUT2D eigenvalue weighted by molar-refractivity contribution is 5.88. The summed E-state index contributed by atoms with van der Waals surface area (Å²) in [6, 6.07) is 14.1. The topological polar surface area (TPSA) is 41.6 Å². The van der Waals surface area contributed by atoms with E-state index in [1.54, 1.807) is 0 Å². The first-order valence-corrected chi connectivity index (χ1v) is 7.44. The van der Waals surface area contributed by atoms with E-state index in [0.717, 1.165) is 42.7 Å². The molecule has 0 aromatic heterocycles. The highest BCUT2D eigenvalue weighted by Crippen LogP contribution is 2.25. The van der Waals surface area contributed by atoms with Crippen molar-refractivity contribution in [1.29, 1.82) is 0 Å². The maximum absolute atomic E-state index is 12.1.